The van der Waals surface area contributed by atoms with E-state index in [-0.39, 0.29) is 0 Å². The van der Waals surface area contributed by atoms with Crippen LogP contribution in [0.1, 0.15) is 43.1 Å². The van der Waals surface area contributed by atoms with Crippen LogP contribution in [-0.2, 0) is 24.4 Å². The molecule has 0 aliphatic carbocycles. The minimum atomic E-state index is 0.675. The lowest BCUT2D eigenvalue weighted by Crippen LogP contribution is -2.40. The topological polar surface area (TPSA) is 53.2 Å². The third-order valence-corrected chi connectivity index (χ3v) is 5.87. The van der Waals surface area contributed by atoms with E-state index >= 15 is 0 Å². The van der Waals surface area contributed by atoms with Crippen molar-refractivity contribution in [3.05, 3.63) is 59.5 Å². The predicted molar refractivity (Wildman–Crippen MR) is 126 cm³/mol. The Labute approximate surface area is 187 Å². The molecule has 1 aromatic carbocycles. The molecule has 1 aromatic heterocycles. The molecular weight excluding hydrogens is 388 g/mol. The fraction of sp³-hybridized carbons (Fsp3) is 0.560. The summed E-state index contributed by atoms with van der Waals surface area (Å²) >= 11 is 0. The molecule has 170 valence electrons. The highest BCUT2D eigenvalue weighted by Crippen LogP contribution is 2.19. The summed E-state index contributed by atoms with van der Waals surface area (Å²) in [6, 6.07) is 12.5. The van der Waals surface area contributed by atoms with Crippen molar-refractivity contribution in [3.63, 3.8) is 0 Å². The number of guanidine groups is 1. The smallest absolute Gasteiger partial charge is 0.193 e. The Balaban J connectivity index is 1.59. The number of furan rings is 1. The molecule has 1 N–H and O–H groups in total. The lowest BCUT2D eigenvalue weighted by atomic mass is 9.96. The van der Waals surface area contributed by atoms with Crippen LogP contribution in [0.5, 0.6) is 0 Å². The average molecular weight is 427 g/mol. The van der Waals surface area contributed by atoms with Gasteiger partial charge < -0.3 is 19.4 Å². The first-order valence-corrected chi connectivity index (χ1v) is 11.5. The standard InChI is InChI=1S/C25H38N4O2/c1-4-26-25(29(3)14-11-21-12-16-30-17-13-21)27-18-22-8-5-6-9-23(22)19-28(2)20-24-10-7-15-31-24/h5-10,15,21H,4,11-14,16-20H2,1-3H3,(H,26,27). The predicted octanol–water partition coefficient (Wildman–Crippen LogP) is 4.13. The molecule has 0 atom stereocenters. The van der Waals surface area contributed by atoms with E-state index in [9.17, 15) is 0 Å². The Hall–Kier alpha value is -2.31. The first kappa shape index (κ1) is 23.4. The van der Waals surface area contributed by atoms with Crippen molar-refractivity contribution in [1.82, 2.24) is 15.1 Å². The number of nitrogens with zero attached hydrogens (tertiary/aromatic N) is 3. The summed E-state index contributed by atoms with van der Waals surface area (Å²) in [4.78, 5) is 9.50. The number of benzene rings is 1. The Bertz CT molecular complexity index is 785. The maximum atomic E-state index is 5.49. The van der Waals surface area contributed by atoms with E-state index in [0.717, 1.165) is 57.0 Å². The zero-order chi connectivity index (χ0) is 21.9. The van der Waals surface area contributed by atoms with Gasteiger partial charge >= 0.3 is 0 Å². The van der Waals surface area contributed by atoms with Crippen molar-refractivity contribution in [2.24, 2.45) is 10.9 Å². The highest BCUT2D eigenvalue weighted by molar-refractivity contribution is 5.79. The molecule has 0 spiro atoms. The molecule has 0 saturated carbocycles. The van der Waals surface area contributed by atoms with E-state index in [1.54, 1.807) is 6.26 Å². The van der Waals surface area contributed by atoms with Crippen LogP contribution in [0, 0.1) is 5.92 Å². The monoisotopic (exact) mass is 426 g/mol. The van der Waals surface area contributed by atoms with Gasteiger partial charge in [-0.1, -0.05) is 24.3 Å². The molecule has 6 heteroatoms. The number of nitrogens with one attached hydrogen (secondary N) is 1. The zero-order valence-electron chi connectivity index (χ0n) is 19.3. The van der Waals surface area contributed by atoms with Crippen LogP contribution in [-0.4, -0.2) is 56.2 Å². The first-order chi connectivity index (χ1) is 15.2. The Morgan fingerprint density at radius 2 is 1.84 bits per heavy atom. The van der Waals surface area contributed by atoms with Crippen LogP contribution in [0.4, 0.5) is 0 Å². The molecule has 2 aromatic rings. The molecule has 1 fully saturated rings. The molecule has 1 aliphatic heterocycles. The van der Waals surface area contributed by atoms with E-state index in [4.69, 9.17) is 14.1 Å². The van der Waals surface area contributed by atoms with Gasteiger partial charge in [0.1, 0.15) is 5.76 Å². The number of ether oxygens (including phenoxy) is 1. The van der Waals surface area contributed by atoms with E-state index in [1.807, 2.05) is 12.1 Å². The average Bonchev–Trinajstić information content (AvgIpc) is 3.29. The third-order valence-electron chi connectivity index (χ3n) is 5.87. The molecule has 1 saturated heterocycles. The zero-order valence-corrected chi connectivity index (χ0v) is 19.3. The van der Waals surface area contributed by atoms with Crippen LogP contribution >= 0.6 is 0 Å². The molecule has 0 radical (unpaired) electrons. The van der Waals surface area contributed by atoms with Gasteiger partial charge in [-0.15, -0.1) is 0 Å². The van der Waals surface area contributed by atoms with Crippen LogP contribution in [0.3, 0.4) is 0 Å². The van der Waals surface area contributed by atoms with Crippen LogP contribution in [0.25, 0.3) is 0 Å². The summed E-state index contributed by atoms with van der Waals surface area (Å²) in [5.74, 6) is 2.73. The van der Waals surface area contributed by atoms with Gasteiger partial charge in [-0.3, -0.25) is 4.90 Å². The van der Waals surface area contributed by atoms with Crippen LogP contribution in [0.15, 0.2) is 52.1 Å². The normalized spacial score (nSPS) is 15.4. The van der Waals surface area contributed by atoms with E-state index in [1.165, 1.54) is 30.4 Å². The molecule has 1 aliphatic rings. The molecule has 6 nitrogen and oxygen atoms in total. The highest BCUT2D eigenvalue weighted by atomic mass is 16.5. The first-order valence-electron chi connectivity index (χ1n) is 11.5. The van der Waals surface area contributed by atoms with Gasteiger partial charge in [0, 0.05) is 39.9 Å². The minimum Gasteiger partial charge on any atom is -0.468 e. The number of hydrogen-bond donors (Lipinski definition) is 1. The molecule has 3 rings (SSSR count). The van der Waals surface area contributed by atoms with Crippen molar-refractivity contribution in [2.75, 3.05) is 40.4 Å². The van der Waals surface area contributed by atoms with Gasteiger partial charge in [-0.2, -0.15) is 0 Å². The molecule has 31 heavy (non-hydrogen) atoms. The fourth-order valence-corrected chi connectivity index (χ4v) is 4.03. The molecular formula is C25H38N4O2. The van der Waals surface area contributed by atoms with Crippen LogP contribution < -0.4 is 5.32 Å². The second-order valence-electron chi connectivity index (χ2n) is 8.46. The van der Waals surface area contributed by atoms with E-state index in [2.05, 4.69) is 60.4 Å². The quantitative estimate of drug-likeness (QED) is 0.457. The fourth-order valence-electron chi connectivity index (χ4n) is 4.03. The summed E-state index contributed by atoms with van der Waals surface area (Å²) in [6.45, 7) is 8.16. The number of rotatable bonds is 10. The SMILES string of the molecule is CCNC(=NCc1ccccc1CN(C)Cc1ccco1)N(C)CCC1CCOCC1. The van der Waals surface area contributed by atoms with Crippen molar-refractivity contribution in [3.8, 4) is 0 Å². The van der Waals surface area contributed by atoms with Crippen LogP contribution in [0.2, 0.25) is 0 Å². The molecule has 0 bridgehead atoms. The van der Waals surface area contributed by atoms with Gasteiger partial charge in [0.25, 0.3) is 0 Å². The summed E-state index contributed by atoms with van der Waals surface area (Å²) in [5.41, 5.74) is 2.57. The van der Waals surface area contributed by atoms with Gasteiger partial charge in [-0.05, 0) is 62.4 Å². The molecule has 0 unspecified atom stereocenters. The number of hydrogen-bond acceptors (Lipinski definition) is 4. The summed E-state index contributed by atoms with van der Waals surface area (Å²) in [5, 5.41) is 3.46. The maximum Gasteiger partial charge on any atom is 0.193 e. The number of aliphatic imine (C=N–C) groups is 1. The van der Waals surface area contributed by atoms with Gasteiger partial charge in [0.2, 0.25) is 0 Å². The van der Waals surface area contributed by atoms with E-state index in [0.29, 0.717) is 6.54 Å². The second-order valence-corrected chi connectivity index (χ2v) is 8.46. The lowest BCUT2D eigenvalue weighted by Gasteiger charge is -2.27. The Morgan fingerprint density at radius 3 is 2.55 bits per heavy atom. The van der Waals surface area contributed by atoms with Gasteiger partial charge in [0.15, 0.2) is 5.96 Å². The third kappa shape index (κ3) is 7.71. The van der Waals surface area contributed by atoms with Crippen molar-refractivity contribution in [2.45, 2.75) is 45.8 Å². The van der Waals surface area contributed by atoms with Crippen molar-refractivity contribution >= 4 is 5.96 Å². The lowest BCUT2D eigenvalue weighted by molar-refractivity contribution is 0.0625. The van der Waals surface area contributed by atoms with E-state index < -0.39 is 0 Å². The minimum absolute atomic E-state index is 0.675. The summed E-state index contributed by atoms with van der Waals surface area (Å²) < 4.78 is 11.0. The summed E-state index contributed by atoms with van der Waals surface area (Å²) in [7, 11) is 4.26. The molecule has 2 heterocycles. The second kappa shape index (κ2) is 12.5. The van der Waals surface area contributed by atoms with Gasteiger partial charge in [-0.25, -0.2) is 4.99 Å². The largest absolute Gasteiger partial charge is 0.468 e. The maximum absolute atomic E-state index is 5.49. The summed E-state index contributed by atoms with van der Waals surface area (Å²) in [6.07, 6.45) is 5.28. The van der Waals surface area contributed by atoms with Crippen molar-refractivity contribution in [1.29, 1.82) is 0 Å². The Morgan fingerprint density at radius 1 is 1.06 bits per heavy atom. The Kier molecular flexibility index (Phi) is 9.43. The van der Waals surface area contributed by atoms with Crippen molar-refractivity contribution < 1.29 is 9.15 Å². The highest BCUT2D eigenvalue weighted by Gasteiger charge is 2.15. The molecule has 0 amide bonds. The van der Waals surface area contributed by atoms with Gasteiger partial charge in [0.05, 0.1) is 19.4 Å².